The van der Waals surface area contributed by atoms with Crippen molar-refractivity contribution in [1.82, 2.24) is 0 Å². The molecule has 0 spiro atoms. The molecule has 0 radical (unpaired) electrons. The summed E-state index contributed by atoms with van der Waals surface area (Å²) in [7, 11) is 3.64. The summed E-state index contributed by atoms with van der Waals surface area (Å²) in [6, 6.07) is 0. The van der Waals surface area contributed by atoms with Crippen molar-refractivity contribution in [3.05, 3.63) is 11.7 Å². The molecule has 0 saturated carbocycles. The number of allylic oxidation sites excluding steroid dienone is 1. The van der Waals surface area contributed by atoms with Gasteiger partial charge in [0, 0.05) is 12.8 Å². The minimum Gasteiger partial charge on any atom is -0.379 e. The first-order valence-corrected chi connectivity index (χ1v) is 3.36. The molecule has 0 bridgehead atoms. The van der Waals surface area contributed by atoms with Crippen LogP contribution in [-0.2, 0) is 4.74 Å². The SMILES string of the molecule is BC(=C/C)/N=C(\C)COC. The average Bonchev–Trinajstić information content (AvgIpc) is 1.88. The molecule has 56 valence electrons. The highest BCUT2D eigenvalue weighted by Gasteiger charge is 1.87. The Balaban J connectivity index is 3.90. The lowest BCUT2D eigenvalue weighted by atomic mass is 10.1. The van der Waals surface area contributed by atoms with Crippen LogP contribution in [-0.4, -0.2) is 27.3 Å². The Morgan fingerprint density at radius 2 is 2.30 bits per heavy atom. The van der Waals surface area contributed by atoms with Crippen LogP contribution < -0.4 is 0 Å². The fraction of sp³-hybridized carbons (Fsp3) is 0.571. The molecular weight excluding hydrogens is 125 g/mol. The Morgan fingerprint density at radius 1 is 1.70 bits per heavy atom. The Morgan fingerprint density at radius 3 is 2.70 bits per heavy atom. The van der Waals surface area contributed by atoms with Gasteiger partial charge in [-0.1, -0.05) is 6.08 Å². The van der Waals surface area contributed by atoms with Gasteiger partial charge >= 0.3 is 0 Å². The maximum atomic E-state index is 4.89. The first-order chi connectivity index (χ1) is 4.70. The van der Waals surface area contributed by atoms with E-state index in [-0.39, 0.29) is 0 Å². The maximum absolute atomic E-state index is 4.89. The molecular formula is C7H14BNO. The van der Waals surface area contributed by atoms with Crippen LogP contribution in [0.5, 0.6) is 0 Å². The zero-order chi connectivity index (χ0) is 7.98. The largest absolute Gasteiger partial charge is 0.379 e. The van der Waals surface area contributed by atoms with Crippen LogP contribution >= 0.6 is 0 Å². The first kappa shape index (κ1) is 9.43. The summed E-state index contributed by atoms with van der Waals surface area (Å²) in [6.07, 6.45) is 1.97. The quantitative estimate of drug-likeness (QED) is 0.414. The number of ether oxygens (including phenoxy) is 1. The second-order valence-corrected chi connectivity index (χ2v) is 2.21. The summed E-state index contributed by atoms with van der Waals surface area (Å²) in [5.41, 5.74) is 2.05. The third-order valence-corrected chi connectivity index (χ3v) is 1.14. The molecule has 3 heteroatoms. The summed E-state index contributed by atoms with van der Waals surface area (Å²) in [4.78, 5) is 4.24. The zero-order valence-electron chi connectivity index (χ0n) is 7.14. The standard InChI is InChI=1S/C7H14BNO/c1-4-7(8)9-6(2)5-10-3/h4H,5,8H2,1-3H3/b7-4-,9-6+. The minimum atomic E-state index is 0.616. The van der Waals surface area contributed by atoms with E-state index < -0.39 is 0 Å². The molecule has 0 unspecified atom stereocenters. The van der Waals surface area contributed by atoms with Crippen molar-refractivity contribution < 1.29 is 4.74 Å². The van der Waals surface area contributed by atoms with Gasteiger partial charge in [-0.15, -0.1) is 0 Å². The number of methoxy groups -OCH3 is 1. The summed E-state index contributed by atoms with van der Waals surface area (Å²) >= 11 is 0. The van der Waals surface area contributed by atoms with Gasteiger partial charge in [0.2, 0.25) is 0 Å². The van der Waals surface area contributed by atoms with Crippen molar-refractivity contribution in [3.63, 3.8) is 0 Å². The van der Waals surface area contributed by atoms with Crippen LogP contribution in [0, 0.1) is 0 Å². The van der Waals surface area contributed by atoms with E-state index in [0.717, 1.165) is 11.3 Å². The zero-order valence-corrected chi connectivity index (χ0v) is 7.14. The van der Waals surface area contributed by atoms with Gasteiger partial charge in [-0.25, -0.2) is 0 Å². The van der Waals surface area contributed by atoms with Crippen LogP contribution in [0.1, 0.15) is 13.8 Å². The van der Waals surface area contributed by atoms with Crippen molar-refractivity contribution in [1.29, 1.82) is 0 Å². The first-order valence-electron chi connectivity index (χ1n) is 3.36. The van der Waals surface area contributed by atoms with Crippen LogP contribution in [0.3, 0.4) is 0 Å². The van der Waals surface area contributed by atoms with Crippen molar-refractivity contribution in [2.75, 3.05) is 13.7 Å². The molecule has 2 nitrogen and oxygen atoms in total. The monoisotopic (exact) mass is 139 g/mol. The fourth-order valence-electron chi connectivity index (χ4n) is 0.607. The number of aliphatic imine (C=N–C) groups is 1. The van der Waals surface area contributed by atoms with Gasteiger partial charge < -0.3 is 4.74 Å². The van der Waals surface area contributed by atoms with E-state index in [1.165, 1.54) is 0 Å². The van der Waals surface area contributed by atoms with Crippen molar-refractivity contribution >= 4 is 13.6 Å². The van der Waals surface area contributed by atoms with Crippen molar-refractivity contribution in [2.24, 2.45) is 4.99 Å². The predicted octanol–water partition coefficient (Wildman–Crippen LogP) is 0.588. The molecule has 0 aromatic heterocycles. The van der Waals surface area contributed by atoms with Gasteiger partial charge in [0.25, 0.3) is 0 Å². The van der Waals surface area contributed by atoms with E-state index in [4.69, 9.17) is 4.74 Å². The number of nitrogens with zero attached hydrogens (tertiary/aromatic N) is 1. The highest BCUT2D eigenvalue weighted by Crippen LogP contribution is 1.90. The minimum absolute atomic E-state index is 0.616. The molecule has 0 amide bonds. The van der Waals surface area contributed by atoms with E-state index in [1.54, 1.807) is 7.11 Å². The van der Waals surface area contributed by atoms with Gasteiger partial charge in [-0.3, -0.25) is 4.99 Å². The molecule has 0 saturated heterocycles. The van der Waals surface area contributed by atoms with Gasteiger partial charge in [-0.05, 0) is 19.4 Å². The van der Waals surface area contributed by atoms with Crippen LogP contribution in [0.25, 0.3) is 0 Å². The highest BCUT2D eigenvalue weighted by atomic mass is 16.5. The molecule has 10 heavy (non-hydrogen) atoms. The fourth-order valence-corrected chi connectivity index (χ4v) is 0.607. The lowest BCUT2D eigenvalue weighted by Crippen LogP contribution is -2.01. The predicted molar refractivity (Wildman–Crippen MR) is 47.3 cm³/mol. The third-order valence-electron chi connectivity index (χ3n) is 1.14. The van der Waals surface area contributed by atoms with E-state index in [0.29, 0.717) is 6.61 Å². The van der Waals surface area contributed by atoms with Gasteiger partial charge in [-0.2, -0.15) is 0 Å². The van der Waals surface area contributed by atoms with Crippen LogP contribution in [0.2, 0.25) is 0 Å². The molecule has 0 aromatic carbocycles. The average molecular weight is 139 g/mol. The van der Waals surface area contributed by atoms with E-state index >= 15 is 0 Å². The van der Waals surface area contributed by atoms with E-state index in [9.17, 15) is 0 Å². The maximum Gasteiger partial charge on any atom is 0.163 e. The summed E-state index contributed by atoms with van der Waals surface area (Å²) in [5, 5.41) is 0. The summed E-state index contributed by atoms with van der Waals surface area (Å²) < 4.78 is 4.89. The summed E-state index contributed by atoms with van der Waals surface area (Å²) in [6.45, 7) is 4.54. The molecule has 0 aromatic rings. The molecule has 0 aliphatic heterocycles. The van der Waals surface area contributed by atoms with E-state index in [1.807, 2.05) is 27.8 Å². The van der Waals surface area contributed by atoms with Gasteiger partial charge in [0.15, 0.2) is 7.85 Å². The van der Waals surface area contributed by atoms with E-state index in [2.05, 4.69) is 4.99 Å². The van der Waals surface area contributed by atoms with Crippen LogP contribution in [0.15, 0.2) is 16.7 Å². The number of hydrogen-bond acceptors (Lipinski definition) is 2. The smallest absolute Gasteiger partial charge is 0.163 e. The van der Waals surface area contributed by atoms with Crippen molar-refractivity contribution in [2.45, 2.75) is 13.8 Å². The molecule has 0 heterocycles. The normalized spacial score (nSPS) is 13.9. The molecule has 0 atom stereocenters. The number of hydrogen-bond donors (Lipinski definition) is 0. The molecule has 0 aliphatic rings. The highest BCUT2D eigenvalue weighted by molar-refractivity contribution is 6.22. The van der Waals surface area contributed by atoms with Crippen molar-refractivity contribution in [3.8, 4) is 0 Å². The molecule has 0 rings (SSSR count). The Kier molecular flexibility index (Phi) is 4.94. The summed E-state index contributed by atoms with van der Waals surface area (Å²) in [5.74, 6) is 0. The second-order valence-electron chi connectivity index (χ2n) is 2.21. The van der Waals surface area contributed by atoms with Gasteiger partial charge in [0.05, 0.1) is 6.61 Å². The van der Waals surface area contributed by atoms with Gasteiger partial charge in [0.1, 0.15) is 0 Å². The topological polar surface area (TPSA) is 21.6 Å². The lowest BCUT2D eigenvalue weighted by molar-refractivity contribution is 0.245. The molecule has 0 N–H and O–H groups in total. The Labute approximate surface area is 63.4 Å². The second kappa shape index (κ2) is 5.24. The number of rotatable bonds is 3. The Hall–Kier alpha value is -0.565. The lowest BCUT2D eigenvalue weighted by Gasteiger charge is -1.97. The Bertz CT molecular complexity index is 152. The third kappa shape index (κ3) is 4.33. The molecule has 0 aliphatic carbocycles. The van der Waals surface area contributed by atoms with Crippen LogP contribution in [0.4, 0.5) is 0 Å². The molecule has 0 fully saturated rings.